The molecule has 2 rings (SSSR count). The summed E-state index contributed by atoms with van der Waals surface area (Å²) in [6, 6.07) is 7.22. The van der Waals surface area contributed by atoms with Gasteiger partial charge in [0, 0.05) is 12.6 Å². The van der Waals surface area contributed by atoms with Crippen molar-refractivity contribution in [1.82, 2.24) is 4.31 Å². The van der Waals surface area contributed by atoms with E-state index in [1.165, 1.54) is 0 Å². The minimum Gasteiger partial charge on any atom is -0.207 e. The van der Waals surface area contributed by atoms with Crippen molar-refractivity contribution in [2.75, 3.05) is 6.54 Å². The third-order valence-corrected chi connectivity index (χ3v) is 6.24. The molecule has 0 aromatic heterocycles. The van der Waals surface area contributed by atoms with Crippen LogP contribution in [0.25, 0.3) is 0 Å². The van der Waals surface area contributed by atoms with Gasteiger partial charge in [-0.15, -0.1) is 0 Å². The third kappa shape index (κ3) is 2.70. The molecule has 0 N–H and O–H groups in total. The van der Waals surface area contributed by atoms with Gasteiger partial charge in [-0.05, 0) is 44.2 Å². The maximum absolute atomic E-state index is 12.7. The molecule has 0 bridgehead atoms. The Morgan fingerprint density at radius 1 is 1.21 bits per heavy atom. The molecule has 4 heteroatoms. The van der Waals surface area contributed by atoms with E-state index in [9.17, 15) is 8.42 Å². The van der Waals surface area contributed by atoms with Crippen molar-refractivity contribution < 1.29 is 8.42 Å². The van der Waals surface area contributed by atoms with Gasteiger partial charge in [0.25, 0.3) is 0 Å². The summed E-state index contributed by atoms with van der Waals surface area (Å²) in [7, 11) is -3.34. The van der Waals surface area contributed by atoms with Crippen LogP contribution in [0.5, 0.6) is 0 Å². The van der Waals surface area contributed by atoms with Crippen LogP contribution in [0, 0.1) is 18.8 Å². The second kappa shape index (κ2) is 5.25. The van der Waals surface area contributed by atoms with Gasteiger partial charge in [-0.25, -0.2) is 8.42 Å². The number of benzene rings is 1. The fraction of sp³-hybridized carbons (Fsp3) is 0.600. The lowest BCUT2D eigenvalue weighted by Crippen LogP contribution is -2.36. The zero-order valence-corrected chi connectivity index (χ0v) is 12.9. The lowest BCUT2D eigenvalue weighted by Gasteiger charge is -2.26. The molecule has 0 spiro atoms. The first-order valence-corrected chi connectivity index (χ1v) is 8.36. The second-order valence-corrected chi connectivity index (χ2v) is 7.76. The molecular formula is C15H23NO2S. The summed E-state index contributed by atoms with van der Waals surface area (Å²) in [5, 5.41) is 0. The normalized spacial score (nSPS) is 25.1. The van der Waals surface area contributed by atoms with Crippen molar-refractivity contribution in [3.8, 4) is 0 Å². The number of sulfonamides is 1. The minimum absolute atomic E-state index is 0.0892. The van der Waals surface area contributed by atoms with Crippen molar-refractivity contribution in [1.29, 1.82) is 0 Å². The van der Waals surface area contributed by atoms with Crippen LogP contribution in [0.1, 0.15) is 32.8 Å². The van der Waals surface area contributed by atoms with E-state index in [1.54, 1.807) is 16.4 Å². The molecule has 1 aromatic carbocycles. The average molecular weight is 281 g/mol. The summed E-state index contributed by atoms with van der Waals surface area (Å²) in [5.41, 5.74) is 1.08. The zero-order chi connectivity index (χ0) is 14.2. The molecule has 1 fully saturated rings. The van der Waals surface area contributed by atoms with Gasteiger partial charge in [0.1, 0.15) is 0 Å². The summed E-state index contributed by atoms with van der Waals surface area (Å²) in [5.74, 6) is 0.980. The molecule has 0 saturated carbocycles. The van der Waals surface area contributed by atoms with E-state index in [-0.39, 0.29) is 6.04 Å². The van der Waals surface area contributed by atoms with Gasteiger partial charge < -0.3 is 0 Å². The molecule has 2 atom stereocenters. The standard InChI is InChI=1S/C15H23NO2S/c1-11(2)15-9-10-16(13(15)4)19(17,18)14-7-5-12(3)6-8-14/h5-8,11,13,15H,9-10H2,1-4H3/t13-,15-/m0/s1. The highest BCUT2D eigenvalue weighted by atomic mass is 32.2. The molecule has 1 heterocycles. The van der Waals surface area contributed by atoms with Crippen LogP contribution < -0.4 is 0 Å². The zero-order valence-electron chi connectivity index (χ0n) is 12.1. The fourth-order valence-corrected chi connectivity index (χ4v) is 4.70. The van der Waals surface area contributed by atoms with Gasteiger partial charge in [-0.1, -0.05) is 31.5 Å². The van der Waals surface area contributed by atoms with Crippen LogP contribution >= 0.6 is 0 Å². The Morgan fingerprint density at radius 2 is 1.79 bits per heavy atom. The Balaban J connectivity index is 2.29. The van der Waals surface area contributed by atoms with E-state index in [2.05, 4.69) is 13.8 Å². The molecule has 0 aliphatic carbocycles. The second-order valence-electron chi connectivity index (χ2n) is 5.87. The number of aryl methyl sites for hydroxylation is 1. The highest BCUT2D eigenvalue weighted by Crippen LogP contribution is 2.34. The molecule has 19 heavy (non-hydrogen) atoms. The Morgan fingerprint density at radius 3 is 2.26 bits per heavy atom. The van der Waals surface area contributed by atoms with Crippen LogP contribution in [-0.4, -0.2) is 25.3 Å². The van der Waals surface area contributed by atoms with Gasteiger partial charge in [-0.3, -0.25) is 0 Å². The van der Waals surface area contributed by atoms with Crippen LogP contribution in [0.15, 0.2) is 29.2 Å². The van der Waals surface area contributed by atoms with Crippen LogP contribution in [0.2, 0.25) is 0 Å². The van der Waals surface area contributed by atoms with E-state index >= 15 is 0 Å². The summed E-state index contributed by atoms with van der Waals surface area (Å²) < 4.78 is 27.0. The van der Waals surface area contributed by atoms with E-state index < -0.39 is 10.0 Å². The van der Waals surface area contributed by atoms with Crippen LogP contribution in [0.4, 0.5) is 0 Å². The molecule has 0 radical (unpaired) electrons. The van der Waals surface area contributed by atoms with Gasteiger partial charge >= 0.3 is 0 Å². The van der Waals surface area contributed by atoms with Crippen molar-refractivity contribution >= 4 is 10.0 Å². The first-order valence-electron chi connectivity index (χ1n) is 6.92. The smallest absolute Gasteiger partial charge is 0.207 e. The van der Waals surface area contributed by atoms with E-state index in [0.717, 1.165) is 12.0 Å². The minimum atomic E-state index is -3.34. The maximum Gasteiger partial charge on any atom is 0.243 e. The van der Waals surface area contributed by atoms with Crippen molar-refractivity contribution in [2.45, 2.75) is 45.1 Å². The molecular weight excluding hydrogens is 258 g/mol. The van der Waals surface area contributed by atoms with Crippen molar-refractivity contribution in [3.63, 3.8) is 0 Å². The molecule has 1 aliphatic rings. The summed E-state index contributed by atoms with van der Waals surface area (Å²) in [6.45, 7) is 8.97. The predicted octanol–water partition coefficient (Wildman–Crippen LogP) is 3.05. The van der Waals surface area contributed by atoms with E-state index in [1.807, 2.05) is 26.0 Å². The Bertz CT molecular complexity index is 534. The van der Waals surface area contributed by atoms with Crippen LogP contribution in [0.3, 0.4) is 0 Å². The lowest BCUT2D eigenvalue weighted by molar-refractivity contribution is 0.302. The van der Waals surface area contributed by atoms with Gasteiger partial charge in [0.2, 0.25) is 10.0 Å². The number of hydrogen-bond acceptors (Lipinski definition) is 2. The topological polar surface area (TPSA) is 37.4 Å². The van der Waals surface area contributed by atoms with Gasteiger partial charge in [0.15, 0.2) is 0 Å². The first kappa shape index (κ1) is 14.5. The van der Waals surface area contributed by atoms with Crippen molar-refractivity contribution in [3.05, 3.63) is 29.8 Å². The van der Waals surface area contributed by atoms with Gasteiger partial charge in [-0.2, -0.15) is 4.31 Å². The Hall–Kier alpha value is -0.870. The molecule has 0 unspecified atom stereocenters. The third-order valence-electron chi connectivity index (χ3n) is 4.24. The quantitative estimate of drug-likeness (QED) is 0.854. The highest BCUT2D eigenvalue weighted by Gasteiger charge is 2.39. The summed E-state index contributed by atoms with van der Waals surface area (Å²) in [6.07, 6.45) is 0.962. The molecule has 0 amide bonds. The summed E-state index contributed by atoms with van der Waals surface area (Å²) >= 11 is 0. The SMILES string of the molecule is Cc1ccc(S(=O)(=O)N2CC[C@@H](C(C)C)[C@@H]2C)cc1. The summed E-state index contributed by atoms with van der Waals surface area (Å²) in [4.78, 5) is 0.411. The predicted molar refractivity (Wildman–Crippen MR) is 77.5 cm³/mol. The first-order chi connectivity index (χ1) is 8.84. The largest absolute Gasteiger partial charge is 0.243 e. The van der Waals surface area contributed by atoms with Gasteiger partial charge in [0.05, 0.1) is 4.90 Å². The molecule has 1 aliphatic heterocycles. The molecule has 1 aromatic rings. The maximum atomic E-state index is 12.7. The van der Waals surface area contributed by atoms with Crippen molar-refractivity contribution in [2.24, 2.45) is 11.8 Å². The van der Waals surface area contributed by atoms with E-state index in [4.69, 9.17) is 0 Å². The Kier molecular flexibility index (Phi) is 4.02. The lowest BCUT2D eigenvalue weighted by atomic mass is 9.90. The molecule has 1 saturated heterocycles. The Labute approximate surface area is 116 Å². The number of hydrogen-bond donors (Lipinski definition) is 0. The van der Waals surface area contributed by atoms with Crippen LogP contribution in [-0.2, 0) is 10.0 Å². The number of nitrogens with zero attached hydrogens (tertiary/aromatic N) is 1. The highest BCUT2D eigenvalue weighted by molar-refractivity contribution is 7.89. The average Bonchev–Trinajstić information content (AvgIpc) is 2.72. The molecule has 106 valence electrons. The number of rotatable bonds is 3. The van der Waals surface area contributed by atoms with E-state index in [0.29, 0.717) is 23.3 Å². The fourth-order valence-electron chi connectivity index (χ4n) is 3.01. The molecule has 3 nitrogen and oxygen atoms in total. The monoisotopic (exact) mass is 281 g/mol.